The number of ether oxygens (including phenoxy) is 1. The van der Waals surface area contributed by atoms with Crippen molar-refractivity contribution in [2.24, 2.45) is 7.05 Å². The highest BCUT2D eigenvalue weighted by atomic mass is 19.3. The lowest BCUT2D eigenvalue weighted by Crippen LogP contribution is -2.04. The molecule has 3 nitrogen and oxygen atoms in total. The van der Waals surface area contributed by atoms with E-state index in [9.17, 15) is 8.78 Å². The highest BCUT2D eigenvalue weighted by Crippen LogP contribution is 2.25. The summed E-state index contributed by atoms with van der Waals surface area (Å²) in [4.78, 5) is 0. The van der Waals surface area contributed by atoms with E-state index >= 15 is 0 Å². The Bertz CT molecular complexity index is 285. The normalized spacial score (nSPS) is 10.2. The molecule has 0 atom stereocenters. The van der Waals surface area contributed by atoms with E-state index in [1.807, 2.05) is 27.7 Å². The molecule has 88 valence electrons. The van der Waals surface area contributed by atoms with Gasteiger partial charge in [0.1, 0.15) is 0 Å². The Morgan fingerprint density at radius 2 is 1.87 bits per heavy atom. The maximum absolute atomic E-state index is 11.9. The van der Waals surface area contributed by atoms with Crippen molar-refractivity contribution in [3.8, 4) is 5.88 Å². The molecule has 0 aliphatic carbocycles. The average Bonchev–Trinajstić information content (AvgIpc) is 2.49. The first kappa shape index (κ1) is 13.9. The zero-order valence-corrected chi connectivity index (χ0v) is 9.79. The maximum atomic E-state index is 11.9. The van der Waals surface area contributed by atoms with Crippen molar-refractivity contribution in [2.75, 3.05) is 0 Å². The Hall–Kier alpha value is -1.13. The number of hydrogen-bond donors (Lipinski definition) is 0. The van der Waals surface area contributed by atoms with Crippen LogP contribution in [0.5, 0.6) is 5.88 Å². The van der Waals surface area contributed by atoms with Crippen molar-refractivity contribution in [3.05, 3.63) is 11.8 Å². The number of aromatic nitrogens is 2. The molecule has 1 heterocycles. The molecule has 0 amide bonds. The molecule has 0 saturated heterocycles. The SMILES string of the molecule is CC.CC(C)c1cn(C)nc1OC(F)F. The third-order valence-corrected chi connectivity index (χ3v) is 1.64. The summed E-state index contributed by atoms with van der Waals surface area (Å²) in [6.45, 7) is 4.98. The molecule has 0 spiro atoms. The maximum Gasteiger partial charge on any atom is 0.388 e. The highest BCUT2D eigenvalue weighted by molar-refractivity contribution is 5.26. The van der Waals surface area contributed by atoms with Gasteiger partial charge in [0.15, 0.2) is 0 Å². The quantitative estimate of drug-likeness (QED) is 0.782. The zero-order valence-electron chi connectivity index (χ0n) is 9.79. The summed E-state index contributed by atoms with van der Waals surface area (Å²) in [5, 5.41) is 3.79. The van der Waals surface area contributed by atoms with Crippen LogP contribution in [0.3, 0.4) is 0 Å². The van der Waals surface area contributed by atoms with Gasteiger partial charge in [0.2, 0.25) is 5.88 Å². The summed E-state index contributed by atoms with van der Waals surface area (Å²) in [6, 6.07) is 0. The molecular formula is C10H18F2N2O. The van der Waals surface area contributed by atoms with Crippen molar-refractivity contribution in [1.82, 2.24) is 9.78 Å². The second-order valence-corrected chi connectivity index (χ2v) is 3.10. The van der Waals surface area contributed by atoms with Crippen molar-refractivity contribution in [3.63, 3.8) is 0 Å². The average molecular weight is 220 g/mol. The Kier molecular flexibility index (Phi) is 5.89. The second-order valence-electron chi connectivity index (χ2n) is 3.10. The van der Waals surface area contributed by atoms with E-state index in [0.717, 1.165) is 0 Å². The van der Waals surface area contributed by atoms with Crippen LogP contribution in [0.15, 0.2) is 6.20 Å². The summed E-state index contributed by atoms with van der Waals surface area (Å²) >= 11 is 0. The molecule has 0 N–H and O–H groups in total. The highest BCUT2D eigenvalue weighted by Gasteiger charge is 2.15. The lowest BCUT2D eigenvalue weighted by Gasteiger charge is -2.05. The van der Waals surface area contributed by atoms with E-state index in [-0.39, 0.29) is 11.8 Å². The van der Waals surface area contributed by atoms with Crippen LogP contribution in [0.1, 0.15) is 39.2 Å². The predicted octanol–water partition coefficient (Wildman–Crippen LogP) is 3.17. The fraction of sp³-hybridized carbons (Fsp3) is 0.700. The van der Waals surface area contributed by atoms with Gasteiger partial charge in [-0.1, -0.05) is 27.7 Å². The zero-order chi connectivity index (χ0) is 12.0. The van der Waals surface area contributed by atoms with Gasteiger partial charge in [0.05, 0.1) is 0 Å². The van der Waals surface area contributed by atoms with Crippen molar-refractivity contribution in [1.29, 1.82) is 0 Å². The summed E-state index contributed by atoms with van der Waals surface area (Å²) in [5.41, 5.74) is 0.697. The molecule has 0 fully saturated rings. The molecule has 0 radical (unpaired) electrons. The predicted molar refractivity (Wildman–Crippen MR) is 55.3 cm³/mol. The number of rotatable bonds is 3. The molecule has 1 rings (SSSR count). The Morgan fingerprint density at radius 3 is 2.27 bits per heavy atom. The van der Waals surface area contributed by atoms with Gasteiger partial charge in [-0.2, -0.15) is 8.78 Å². The molecule has 0 aromatic carbocycles. The molecule has 0 unspecified atom stereocenters. The number of aryl methyl sites for hydroxylation is 1. The molecule has 0 aliphatic rings. The third kappa shape index (κ3) is 4.27. The number of hydrogen-bond acceptors (Lipinski definition) is 2. The monoisotopic (exact) mass is 220 g/mol. The first-order valence-corrected chi connectivity index (χ1v) is 4.99. The van der Waals surface area contributed by atoms with E-state index in [1.54, 1.807) is 13.2 Å². The molecular weight excluding hydrogens is 202 g/mol. The van der Waals surface area contributed by atoms with Gasteiger partial charge in [-0.25, -0.2) is 0 Å². The molecule has 0 saturated carbocycles. The third-order valence-electron chi connectivity index (χ3n) is 1.64. The van der Waals surface area contributed by atoms with E-state index in [0.29, 0.717) is 5.56 Å². The Labute approximate surface area is 89.0 Å². The Morgan fingerprint density at radius 1 is 1.33 bits per heavy atom. The summed E-state index contributed by atoms with van der Waals surface area (Å²) in [5.74, 6) is 0.148. The molecule has 1 aromatic heterocycles. The van der Waals surface area contributed by atoms with E-state index in [2.05, 4.69) is 9.84 Å². The van der Waals surface area contributed by atoms with Gasteiger partial charge in [0, 0.05) is 18.8 Å². The first-order valence-electron chi connectivity index (χ1n) is 4.99. The topological polar surface area (TPSA) is 27.1 Å². The van der Waals surface area contributed by atoms with Crippen LogP contribution in [-0.2, 0) is 7.05 Å². The van der Waals surface area contributed by atoms with Gasteiger partial charge in [-0.05, 0) is 5.92 Å². The van der Waals surface area contributed by atoms with Gasteiger partial charge in [0.25, 0.3) is 0 Å². The van der Waals surface area contributed by atoms with Crippen molar-refractivity contribution >= 4 is 0 Å². The van der Waals surface area contributed by atoms with Gasteiger partial charge in [-0.3, -0.25) is 4.68 Å². The van der Waals surface area contributed by atoms with Crippen molar-refractivity contribution < 1.29 is 13.5 Å². The number of nitrogens with zero attached hydrogens (tertiary/aromatic N) is 2. The molecule has 1 aromatic rings. The smallest absolute Gasteiger partial charge is 0.388 e. The molecule has 0 bridgehead atoms. The van der Waals surface area contributed by atoms with Crippen molar-refractivity contribution in [2.45, 2.75) is 40.2 Å². The minimum Gasteiger partial charge on any atom is -0.415 e. The van der Waals surface area contributed by atoms with Crippen LogP contribution >= 0.6 is 0 Å². The number of alkyl halides is 2. The van der Waals surface area contributed by atoms with Crippen LogP contribution in [0, 0.1) is 0 Å². The van der Waals surface area contributed by atoms with Gasteiger partial charge < -0.3 is 4.74 Å². The lowest BCUT2D eigenvalue weighted by molar-refractivity contribution is -0.0538. The number of halogens is 2. The van der Waals surface area contributed by atoms with E-state index < -0.39 is 6.61 Å². The lowest BCUT2D eigenvalue weighted by atomic mass is 10.1. The summed E-state index contributed by atoms with van der Waals surface area (Å²) in [6.07, 6.45) is 1.68. The van der Waals surface area contributed by atoms with Crippen LogP contribution in [0.2, 0.25) is 0 Å². The fourth-order valence-corrected chi connectivity index (χ4v) is 1.06. The van der Waals surface area contributed by atoms with E-state index in [1.165, 1.54) is 4.68 Å². The summed E-state index contributed by atoms with van der Waals surface area (Å²) in [7, 11) is 1.67. The van der Waals surface area contributed by atoms with Gasteiger partial charge >= 0.3 is 6.61 Å². The standard InChI is InChI=1S/C8H12F2N2O.C2H6/c1-5(2)6-4-12(3)11-7(6)13-8(9)10;1-2/h4-5,8H,1-3H3;1-2H3. The van der Waals surface area contributed by atoms with Crippen LogP contribution < -0.4 is 4.74 Å². The van der Waals surface area contributed by atoms with Gasteiger partial charge in [-0.15, -0.1) is 5.10 Å². The Balaban J connectivity index is 0.000000921. The minimum absolute atomic E-state index is 0.0208. The van der Waals surface area contributed by atoms with Crippen LogP contribution in [0.25, 0.3) is 0 Å². The minimum atomic E-state index is -2.81. The van der Waals surface area contributed by atoms with Crippen LogP contribution in [-0.4, -0.2) is 16.4 Å². The molecule has 15 heavy (non-hydrogen) atoms. The van der Waals surface area contributed by atoms with Crippen LogP contribution in [0.4, 0.5) is 8.78 Å². The van der Waals surface area contributed by atoms with E-state index in [4.69, 9.17) is 0 Å². The molecule has 0 aliphatic heterocycles. The fourth-order valence-electron chi connectivity index (χ4n) is 1.06. The summed E-state index contributed by atoms with van der Waals surface area (Å²) < 4.78 is 29.5. The second kappa shape index (κ2) is 6.37. The molecule has 5 heteroatoms. The first-order chi connectivity index (χ1) is 7.00. The largest absolute Gasteiger partial charge is 0.415 e.